The number of nitrogens with zero attached hydrogens (tertiary/aromatic N) is 3. The zero-order chi connectivity index (χ0) is 24.9. The number of rotatable bonds is 11. The normalized spacial score (nSPS) is 11.1. The Balaban J connectivity index is 1.30. The largest absolute Gasteiger partial charge is 0.408 e. The summed E-state index contributed by atoms with van der Waals surface area (Å²) < 4.78 is 5.44. The van der Waals surface area contributed by atoms with Crippen LogP contribution < -0.4 is 16.1 Å². The summed E-state index contributed by atoms with van der Waals surface area (Å²) in [6, 6.07) is 18.8. The van der Waals surface area contributed by atoms with Gasteiger partial charge in [-0.2, -0.15) is 5.10 Å². The van der Waals surface area contributed by atoms with Gasteiger partial charge in [-0.3, -0.25) is 19.7 Å². The Morgan fingerprint density at radius 2 is 1.46 bits per heavy atom. The molecule has 0 bridgehead atoms. The molecule has 1 heterocycles. The van der Waals surface area contributed by atoms with E-state index >= 15 is 0 Å². The average Bonchev–Trinajstić information content (AvgIpc) is 3.28. The van der Waals surface area contributed by atoms with Gasteiger partial charge in [-0.25, -0.2) is 5.43 Å². The minimum atomic E-state index is -0.263. The van der Waals surface area contributed by atoms with Crippen molar-refractivity contribution in [2.24, 2.45) is 5.10 Å². The molecule has 3 rings (SSSR count). The van der Waals surface area contributed by atoms with Crippen LogP contribution in [0, 0.1) is 0 Å². The maximum Gasteiger partial charge on any atom is 0.322 e. The number of anilines is 1. The zero-order valence-corrected chi connectivity index (χ0v) is 19.5. The fourth-order valence-electron chi connectivity index (χ4n) is 3.17. The number of hydrogen-bond acceptors (Lipinski definition) is 7. The molecule has 1 aromatic heterocycles. The summed E-state index contributed by atoms with van der Waals surface area (Å²) in [6.07, 6.45) is 2.40. The summed E-state index contributed by atoms with van der Waals surface area (Å²) in [4.78, 5) is 36.0. The van der Waals surface area contributed by atoms with Crippen molar-refractivity contribution in [3.05, 3.63) is 77.7 Å². The van der Waals surface area contributed by atoms with Gasteiger partial charge in [-0.15, -0.1) is 5.10 Å². The number of carbonyl (C=O) groups is 3. The van der Waals surface area contributed by atoms with Crippen LogP contribution in [-0.2, 0) is 33.6 Å². The van der Waals surface area contributed by atoms with E-state index in [9.17, 15) is 14.4 Å². The third-order valence-electron chi connectivity index (χ3n) is 4.84. The van der Waals surface area contributed by atoms with Crippen LogP contribution in [0.15, 0.2) is 70.2 Å². The molecule has 0 aliphatic carbocycles. The first-order valence-corrected chi connectivity index (χ1v) is 11.3. The monoisotopic (exact) mass is 476 g/mol. The smallest absolute Gasteiger partial charge is 0.322 e. The van der Waals surface area contributed by atoms with Gasteiger partial charge in [-0.1, -0.05) is 65.8 Å². The second-order valence-electron chi connectivity index (χ2n) is 7.86. The van der Waals surface area contributed by atoms with E-state index < -0.39 is 0 Å². The number of nitrogens with one attached hydrogen (secondary N) is 3. The van der Waals surface area contributed by atoms with E-state index in [1.165, 1.54) is 0 Å². The summed E-state index contributed by atoms with van der Waals surface area (Å²) in [5, 5.41) is 16.9. The number of unbranched alkanes of at least 4 members (excludes halogenated alkanes) is 1. The lowest BCUT2D eigenvalue weighted by Gasteiger charge is -2.05. The van der Waals surface area contributed by atoms with E-state index in [0.29, 0.717) is 31.0 Å². The van der Waals surface area contributed by atoms with E-state index in [1.807, 2.05) is 60.7 Å². The molecule has 182 valence electrons. The van der Waals surface area contributed by atoms with Gasteiger partial charge >= 0.3 is 6.01 Å². The molecule has 3 N–H and O–H groups in total. The SMILES string of the molecule is C/C(=N\NC(=O)CCCCc1nnc(NC(=O)Cc2ccccc2)o1)NC(=O)Cc1ccccc1. The molecule has 0 saturated carbocycles. The number of carbonyl (C=O) groups excluding carboxylic acids is 3. The van der Waals surface area contributed by atoms with Crippen molar-refractivity contribution in [1.29, 1.82) is 0 Å². The highest BCUT2D eigenvalue weighted by atomic mass is 16.4. The van der Waals surface area contributed by atoms with Crippen molar-refractivity contribution in [2.45, 2.75) is 45.4 Å². The first-order chi connectivity index (χ1) is 17.0. The highest BCUT2D eigenvalue weighted by Crippen LogP contribution is 2.10. The first-order valence-electron chi connectivity index (χ1n) is 11.3. The molecule has 0 fully saturated rings. The highest BCUT2D eigenvalue weighted by molar-refractivity contribution is 5.98. The standard InChI is InChI=1S/C25H28N6O4/c1-18(26-22(33)16-19-10-4-2-5-11-19)28-29-21(32)14-8-9-15-24-30-31-25(35-24)27-23(34)17-20-12-6-3-7-13-20/h2-7,10-13H,8-9,14-17H2,1H3,(H,29,32)(H,26,28,33)(H,27,31,34). The third-order valence-corrected chi connectivity index (χ3v) is 4.84. The minimum Gasteiger partial charge on any atom is -0.408 e. The van der Waals surface area contributed by atoms with E-state index in [4.69, 9.17) is 4.42 Å². The van der Waals surface area contributed by atoms with E-state index in [2.05, 4.69) is 31.4 Å². The summed E-state index contributed by atoms with van der Waals surface area (Å²) >= 11 is 0. The van der Waals surface area contributed by atoms with Gasteiger partial charge in [-0.05, 0) is 30.9 Å². The highest BCUT2D eigenvalue weighted by Gasteiger charge is 2.11. The summed E-state index contributed by atoms with van der Waals surface area (Å²) in [5.74, 6) is -0.0134. The molecule has 3 aromatic rings. The molecule has 0 atom stereocenters. The predicted octanol–water partition coefficient (Wildman–Crippen LogP) is 2.77. The molecule has 0 saturated heterocycles. The van der Waals surface area contributed by atoms with Crippen LogP contribution in [-0.4, -0.2) is 33.8 Å². The van der Waals surface area contributed by atoms with Crippen molar-refractivity contribution < 1.29 is 18.8 Å². The van der Waals surface area contributed by atoms with Crippen molar-refractivity contribution >= 4 is 29.6 Å². The average molecular weight is 477 g/mol. The van der Waals surface area contributed by atoms with Crippen LogP contribution in [0.4, 0.5) is 6.01 Å². The van der Waals surface area contributed by atoms with Crippen molar-refractivity contribution in [3.8, 4) is 0 Å². The van der Waals surface area contributed by atoms with Gasteiger partial charge in [0, 0.05) is 12.8 Å². The molecule has 3 amide bonds. The lowest BCUT2D eigenvalue weighted by molar-refractivity contribution is -0.121. The number of hydrogen-bond donors (Lipinski definition) is 3. The molecule has 0 spiro atoms. The molecule has 10 heteroatoms. The number of hydrazone groups is 1. The number of aryl methyl sites for hydroxylation is 1. The predicted molar refractivity (Wildman–Crippen MR) is 130 cm³/mol. The van der Waals surface area contributed by atoms with Gasteiger partial charge in [0.2, 0.25) is 23.6 Å². The quantitative estimate of drug-likeness (QED) is 0.168. The number of benzene rings is 2. The van der Waals surface area contributed by atoms with Gasteiger partial charge in [0.15, 0.2) is 0 Å². The topological polar surface area (TPSA) is 139 Å². The Kier molecular flexibility index (Phi) is 9.67. The van der Waals surface area contributed by atoms with Crippen LogP contribution in [0.25, 0.3) is 0 Å². The van der Waals surface area contributed by atoms with Crippen LogP contribution in [0.3, 0.4) is 0 Å². The van der Waals surface area contributed by atoms with E-state index in [1.54, 1.807) is 6.92 Å². The summed E-state index contributed by atoms with van der Waals surface area (Å²) in [5.41, 5.74) is 4.21. The Hall–Kier alpha value is -4.34. The number of amidine groups is 1. The maximum atomic E-state index is 12.1. The Morgan fingerprint density at radius 1 is 0.829 bits per heavy atom. The molecule has 35 heavy (non-hydrogen) atoms. The van der Waals surface area contributed by atoms with Gasteiger partial charge in [0.1, 0.15) is 5.84 Å². The number of aromatic nitrogens is 2. The lowest BCUT2D eigenvalue weighted by atomic mass is 10.1. The van der Waals surface area contributed by atoms with Gasteiger partial charge in [0.05, 0.1) is 12.8 Å². The lowest BCUT2D eigenvalue weighted by Crippen LogP contribution is -2.32. The molecule has 0 radical (unpaired) electrons. The van der Waals surface area contributed by atoms with E-state index in [-0.39, 0.29) is 43.0 Å². The second kappa shape index (κ2) is 13.4. The van der Waals surface area contributed by atoms with Crippen LogP contribution in [0.1, 0.15) is 43.2 Å². The van der Waals surface area contributed by atoms with E-state index in [0.717, 1.165) is 11.1 Å². The van der Waals surface area contributed by atoms with Crippen LogP contribution in [0.2, 0.25) is 0 Å². The van der Waals surface area contributed by atoms with Crippen molar-refractivity contribution in [2.75, 3.05) is 5.32 Å². The maximum absolute atomic E-state index is 12.1. The van der Waals surface area contributed by atoms with Gasteiger partial charge in [0.25, 0.3) is 0 Å². The van der Waals surface area contributed by atoms with Crippen molar-refractivity contribution in [1.82, 2.24) is 20.9 Å². The summed E-state index contributed by atoms with van der Waals surface area (Å²) in [6.45, 7) is 1.61. The van der Waals surface area contributed by atoms with Gasteiger partial charge < -0.3 is 9.73 Å². The molecule has 10 nitrogen and oxygen atoms in total. The first kappa shape index (κ1) is 25.3. The molecule has 2 aromatic carbocycles. The zero-order valence-electron chi connectivity index (χ0n) is 19.5. The number of amides is 3. The van der Waals surface area contributed by atoms with Crippen LogP contribution in [0.5, 0.6) is 0 Å². The Labute approximate surface area is 203 Å². The minimum absolute atomic E-state index is 0.0535. The second-order valence-corrected chi connectivity index (χ2v) is 7.86. The molecule has 0 aliphatic heterocycles. The van der Waals surface area contributed by atoms with Crippen molar-refractivity contribution in [3.63, 3.8) is 0 Å². The fourth-order valence-corrected chi connectivity index (χ4v) is 3.17. The Morgan fingerprint density at radius 3 is 2.11 bits per heavy atom. The Bertz CT molecular complexity index is 1150. The molecule has 0 aliphatic rings. The molecular weight excluding hydrogens is 448 g/mol. The summed E-state index contributed by atoms with van der Waals surface area (Å²) in [7, 11) is 0. The molecular formula is C25H28N6O4. The third kappa shape index (κ3) is 9.58. The van der Waals surface area contributed by atoms with Crippen LogP contribution >= 0.6 is 0 Å². The fraction of sp³-hybridized carbons (Fsp3) is 0.280. The molecule has 0 unspecified atom stereocenters.